The van der Waals surface area contributed by atoms with E-state index in [-0.39, 0.29) is 0 Å². The summed E-state index contributed by atoms with van der Waals surface area (Å²) in [7, 11) is 0. The van der Waals surface area contributed by atoms with E-state index in [1.54, 1.807) is 6.08 Å². The standard InChI is InChI=1S/C14H16.C2H4/c1-5-7-9-13(3)11-12-14(4)10-8-6-2;1-2/h5-10H,1,3H2,2,4H3;1-2H2/b8-6-,9-7-,14-10+;. The van der Waals surface area contributed by atoms with Crippen molar-refractivity contribution in [3.63, 3.8) is 0 Å². The largest absolute Gasteiger partial charge is 0.106 e. The molecule has 0 rings (SSSR count). The summed E-state index contributed by atoms with van der Waals surface area (Å²) >= 11 is 0. The van der Waals surface area contributed by atoms with Crippen LogP contribution < -0.4 is 0 Å². The smallest absolute Gasteiger partial charge is 0.0177 e. The van der Waals surface area contributed by atoms with Crippen molar-refractivity contribution < 1.29 is 0 Å². The van der Waals surface area contributed by atoms with Gasteiger partial charge in [-0.1, -0.05) is 55.4 Å². The number of rotatable bonds is 3. The summed E-state index contributed by atoms with van der Waals surface area (Å²) in [5, 5.41) is 0. The van der Waals surface area contributed by atoms with Gasteiger partial charge >= 0.3 is 0 Å². The molecule has 0 aliphatic carbocycles. The third-order valence-corrected chi connectivity index (χ3v) is 1.39. The zero-order valence-corrected chi connectivity index (χ0v) is 10.3. The second-order valence-corrected chi connectivity index (χ2v) is 2.75. The molecule has 0 aliphatic heterocycles. The minimum absolute atomic E-state index is 0.790. The lowest BCUT2D eigenvalue weighted by Crippen LogP contribution is -1.70. The molecule has 0 radical (unpaired) electrons. The second kappa shape index (κ2) is 13.0. The molecule has 0 amide bonds. The molecule has 0 nitrogen and oxygen atoms in total. The van der Waals surface area contributed by atoms with Gasteiger partial charge in [-0.25, -0.2) is 0 Å². The van der Waals surface area contributed by atoms with E-state index in [1.807, 2.05) is 44.2 Å². The van der Waals surface area contributed by atoms with E-state index in [2.05, 4.69) is 38.2 Å². The van der Waals surface area contributed by atoms with E-state index in [0.29, 0.717) is 0 Å². The van der Waals surface area contributed by atoms with Crippen LogP contribution in [0.5, 0.6) is 0 Å². The Morgan fingerprint density at radius 3 is 2.25 bits per heavy atom. The van der Waals surface area contributed by atoms with Gasteiger partial charge < -0.3 is 0 Å². The van der Waals surface area contributed by atoms with Crippen LogP contribution in [0.3, 0.4) is 0 Å². The van der Waals surface area contributed by atoms with E-state index >= 15 is 0 Å². The van der Waals surface area contributed by atoms with Gasteiger partial charge in [0, 0.05) is 5.57 Å². The van der Waals surface area contributed by atoms with Crippen LogP contribution in [0.2, 0.25) is 0 Å². The highest BCUT2D eigenvalue weighted by molar-refractivity contribution is 5.42. The summed E-state index contributed by atoms with van der Waals surface area (Å²) < 4.78 is 0. The van der Waals surface area contributed by atoms with Crippen LogP contribution in [0.4, 0.5) is 0 Å². The van der Waals surface area contributed by atoms with Crippen LogP contribution in [0.1, 0.15) is 13.8 Å². The summed E-state index contributed by atoms with van der Waals surface area (Å²) in [6.45, 7) is 17.3. The Morgan fingerprint density at radius 1 is 1.12 bits per heavy atom. The van der Waals surface area contributed by atoms with Gasteiger partial charge in [0.2, 0.25) is 0 Å². The third-order valence-electron chi connectivity index (χ3n) is 1.39. The van der Waals surface area contributed by atoms with Gasteiger partial charge in [0.15, 0.2) is 0 Å². The summed E-state index contributed by atoms with van der Waals surface area (Å²) in [6, 6.07) is 0. The topological polar surface area (TPSA) is 0 Å². The fourth-order valence-corrected chi connectivity index (χ4v) is 0.687. The molecule has 0 saturated heterocycles. The Morgan fingerprint density at radius 2 is 1.75 bits per heavy atom. The zero-order chi connectivity index (χ0) is 12.8. The van der Waals surface area contributed by atoms with Crippen molar-refractivity contribution in [2.75, 3.05) is 0 Å². The molecule has 0 heteroatoms. The molecule has 0 bridgehead atoms. The second-order valence-electron chi connectivity index (χ2n) is 2.75. The van der Waals surface area contributed by atoms with E-state index in [0.717, 1.165) is 11.1 Å². The van der Waals surface area contributed by atoms with Gasteiger partial charge in [-0.3, -0.25) is 0 Å². The Hall–Kier alpha value is -2.00. The lowest BCUT2D eigenvalue weighted by atomic mass is 10.2. The van der Waals surface area contributed by atoms with E-state index < -0.39 is 0 Å². The Labute approximate surface area is 100 Å². The Kier molecular flexibility index (Phi) is 13.3. The average Bonchev–Trinajstić information content (AvgIpc) is 2.33. The quantitative estimate of drug-likeness (QED) is 0.364. The lowest BCUT2D eigenvalue weighted by molar-refractivity contribution is 1.56. The van der Waals surface area contributed by atoms with Crippen LogP contribution in [0, 0.1) is 11.8 Å². The van der Waals surface area contributed by atoms with E-state index in [4.69, 9.17) is 0 Å². The molecule has 0 N–H and O–H groups in total. The van der Waals surface area contributed by atoms with Crippen molar-refractivity contribution in [1.82, 2.24) is 0 Å². The maximum Gasteiger partial charge on any atom is 0.0177 e. The molecule has 0 aromatic rings. The Bertz CT molecular complexity index is 351. The lowest BCUT2D eigenvalue weighted by Gasteiger charge is -1.84. The first-order valence-electron chi connectivity index (χ1n) is 5.00. The molecule has 0 aromatic carbocycles. The minimum Gasteiger partial charge on any atom is -0.106 e. The predicted octanol–water partition coefficient (Wildman–Crippen LogP) is 4.61. The maximum atomic E-state index is 3.79. The van der Waals surface area contributed by atoms with Gasteiger partial charge in [0.05, 0.1) is 0 Å². The first-order valence-corrected chi connectivity index (χ1v) is 5.00. The van der Waals surface area contributed by atoms with Crippen molar-refractivity contribution in [2.45, 2.75) is 13.8 Å². The van der Waals surface area contributed by atoms with Crippen LogP contribution in [-0.2, 0) is 0 Å². The monoisotopic (exact) mass is 212 g/mol. The molecular formula is C16H20. The fourth-order valence-electron chi connectivity index (χ4n) is 0.687. The molecule has 0 spiro atoms. The highest BCUT2D eigenvalue weighted by Gasteiger charge is 1.79. The normalized spacial score (nSPS) is 10.2. The number of hydrogen-bond acceptors (Lipinski definition) is 0. The summed E-state index contributed by atoms with van der Waals surface area (Å²) in [6.07, 6.45) is 11.3. The molecule has 0 fully saturated rings. The summed E-state index contributed by atoms with van der Waals surface area (Å²) in [4.78, 5) is 0. The fraction of sp³-hybridized carbons (Fsp3) is 0.125. The minimum atomic E-state index is 0.790. The molecule has 0 heterocycles. The van der Waals surface area contributed by atoms with Gasteiger partial charge in [0.25, 0.3) is 0 Å². The predicted molar refractivity (Wildman–Crippen MR) is 76.1 cm³/mol. The average molecular weight is 212 g/mol. The zero-order valence-electron chi connectivity index (χ0n) is 10.3. The van der Waals surface area contributed by atoms with Gasteiger partial charge in [-0.05, 0) is 25.5 Å². The molecule has 0 aromatic heterocycles. The van der Waals surface area contributed by atoms with E-state index in [9.17, 15) is 0 Å². The molecular weight excluding hydrogens is 192 g/mol. The van der Waals surface area contributed by atoms with E-state index in [1.165, 1.54) is 0 Å². The first-order chi connectivity index (χ1) is 7.70. The van der Waals surface area contributed by atoms with Crippen molar-refractivity contribution in [1.29, 1.82) is 0 Å². The van der Waals surface area contributed by atoms with Crippen LogP contribution in [-0.4, -0.2) is 0 Å². The van der Waals surface area contributed by atoms with Gasteiger partial charge in [0.1, 0.15) is 0 Å². The molecule has 16 heavy (non-hydrogen) atoms. The highest BCUT2D eigenvalue weighted by atomic mass is 13.8. The first kappa shape index (κ1) is 16.4. The highest BCUT2D eigenvalue weighted by Crippen LogP contribution is 1.94. The third kappa shape index (κ3) is 12.0. The molecule has 0 saturated carbocycles. The molecule has 84 valence electrons. The number of hydrogen-bond donors (Lipinski definition) is 0. The molecule has 0 atom stereocenters. The summed E-state index contributed by atoms with van der Waals surface area (Å²) in [5.74, 6) is 5.95. The SMILES string of the molecule is C=C.C=C/C=C\C(=C)C#C/C(C)=C/C=C\C. The van der Waals surface area contributed by atoms with Gasteiger partial charge in [-0.2, -0.15) is 0 Å². The number of allylic oxidation sites excluding steroid dienone is 8. The Balaban J connectivity index is 0. The molecule has 0 aliphatic rings. The van der Waals surface area contributed by atoms with Crippen molar-refractivity contribution >= 4 is 0 Å². The molecule has 0 unspecified atom stereocenters. The van der Waals surface area contributed by atoms with Crippen molar-refractivity contribution in [3.05, 3.63) is 73.9 Å². The van der Waals surface area contributed by atoms with Crippen LogP contribution >= 0.6 is 0 Å². The maximum absolute atomic E-state index is 3.79. The van der Waals surface area contributed by atoms with Crippen molar-refractivity contribution in [2.24, 2.45) is 0 Å². The van der Waals surface area contributed by atoms with Crippen molar-refractivity contribution in [3.8, 4) is 11.8 Å². The van der Waals surface area contributed by atoms with Crippen LogP contribution in [0.25, 0.3) is 0 Å². The van der Waals surface area contributed by atoms with Gasteiger partial charge in [-0.15, -0.1) is 13.2 Å². The van der Waals surface area contributed by atoms with Crippen LogP contribution in [0.15, 0.2) is 73.9 Å². The summed E-state index contributed by atoms with van der Waals surface area (Å²) in [5.41, 5.74) is 1.81.